The highest BCUT2D eigenvalue weighted by molar-refractivity contribution is 7.99. The molecule has 4 aromatic rings. The Morgan fingerprint density at radius 1 is 1.05 bits per heavy atom. The van der Waals surface area contributed by atoms with Crippen LogP contribution in [0.3, 0.4) is 0 Å². The van der Waals surface area contributed by atoms with Gasteiger partial charge in [0.1, 0.15) is 0 Å². The second kappa shape index (κ2) is 12.8. The minimum absolute atomic E-state index is 0.0383. The Hall–Kier alpha value is -4.40. The number of methoxy groups -OCH3 is 3. The third-order valence-electron chi connectivity index (χ3n) is 5.84. The maximum absolute atomic E-state index is 13.3. The van der Waals surface area contributed by atoms with Gasteiger partial charge in [0.2, 0.25) is 15.8 Å². The fraction of sp³-hybridized carbons (Fsp3) is 0.185. The van der Waals surface area contributed by atoms with Crippen LogP contribution in [0.2, 0.25) is 0 Å². The number of ether oxygens (including phenoxy) is 3. The summed E-state index contributed by atoms with van der Waals surface area (Å²) < 4.78 is 40.6. The molecule has 1 aromatic heterocycles. The molecular formula is C27H27N5O7S2. The van der Waals surface area contributed by atoms with Gasteiger partial charge in [-0.3, -0.25) is 14.2 Å². The van der Waals surface area contributed by atoms with Crippen molar-refractivity contribution in [2.75, 3.05) is 27.1 Å². The molecule has 12 nitrogen and oxygen atoms in total. The number of nitrogens with two attached hydrogens (primary N) is 1. The lowest BCUT2D eigenvalue weighted by molar-refractivity contribution is -0.118. The zero-order valence-corrected chi connectivity index (χ0v) is 24.0. The molecule has 214 valence electrons. The first-order valence-corrected chi connectivity index (χ1v) is 14.5. The molecule has 0 fully saturated rings. The molecular weight excluding hydrogens is 570 g/mol. The van der Waals surface area contributed by atoms with Crippen molar-refractivity contribution in [3.05, 3.63) is 82.1 Å². The summed E-state index contributed by atoms with van der Waals surface area (Å²) in [6.07, 6.45) is 1.43. The van der Waals surface area contributed by atoms with Crippen LogP contribution in [0.5, 0.6) is 17.2 Å². The van der Waals surface area contributed by atoms with Crippen LogP contribution in [0.25, 0.3) is 10.9 Å². The van der Waals surface area contributed by atoms with Crippen LogP contribution in [0.15, 0.2) is 80.6 Å². The quantitative estimate of drug-likeness (QED) is 0.114. The van der Waals surface area contributed by atoms with Gasteiger partial charge in [0, 0.05) is 5.56 Å². The van der Waals surface area contributed by atoms with E-state index >= 15 is 0 Å². The fourth-order valence-electron chi connectivity index (χ4n) is 3.88. The minimum atomic E-state index is -3.85. The first-order valence-electron chi connectivity index (χ1n) is 12.0. The summed E-state index contributed by atoms with van der Waals surface area (Å²) in [4.78, 5) is 30.5. The molecule has 0 saturated carbocycles. The van der Waals surface area contributed by atoms with E-state index < -0.39 is 15.9 Å². The molecule has 0 radical (unpaired) electrons. The number of rotatable bonds is 11. The van der Waals surface area contributed by atoms with Gasteiger partial charge >= 0.3 is 0 Å². The summed E-state index contributed by atoms with van der Waals surface area (Å²) in [5.41, 5.74) is 3.90. The van der Waals surface area contributed by atoms with E-state index in [1.54, 1.807) is 48.5 Å². The number of amides is 1. The molecule has 0 saturated heterocycles. The second-order valence-electron chi connectivity index (χ2n) is 8.53. The number of hydrazone groups is 1. The van der Waals surface area contributed by atoms with E-state index in [-0.39, 0.29) is 22.8 Å². The summed E-state index contributed by atoms with van der Waals surface area (Å²) >= 11 is 1.07. The van der Waals surface area contributed by atoms with Gasteiger partial charge in [0.05, 0.1) is 55.6 Å². The number of aromatic nitrogens is 2. The van der Waals surface area contributed by atoms with Crippen molar-refractivity contribution >= 4 is 44.8 Å². The molecule has 4 rings (SSSR count). The topological polar surface area (TPSA) is 164 Å². The van der Waals surface area contributed by atoms with E-state index in [0.717, 1.165) is 11.8 Å². The molecule has 3 aromatic carbocycles. The van der Waals surface area contributed by atoms with Gasteiger partial charge in [-0.2, -0.15) is 5.10 Å². The maximum atomic E-state index is 13.3. The number of benzene rings is 3. The van der Waals surface area contributed by atoms with E-state index in [2.05, 4.69) is 15.5 Å². The predicted octanol–water partition coefficient (Wildman–Crippen LogP) is 2.36. The average Bonchev–Trinajstić information content (AvgIpc) is 2.97. The number of primary sulfonamides is 1. The molecule has 0 unspecified atom stereocenters. The molecule has 0 aliphatic carbocycles. The number of thioether (sulfide) groups is 1. The Morgan fingerprint density at radius 2 is 1.71 bits per heavy atom. The number of nitrogens with one attached hydrogen (secondary N) is 1. The van der Waals surface area contributed by atoms with Gasteiger partial charge in [-0.15, -0.1) is 0 Å². The average molecular weight is 598 g/mol. The monoisotopic (exact) mass is 597 g/mol. The number of sulfonamides is 1. The van der Waals surface area contributed by atoms with Gasteiger partial charge < -0.3 is 14.2 Å². The second-order valence-corrected chi connectivity index (χ2v) is 11.0. The first kappa shape index (κ1) is 29.6. The minimum Gasteiger partial charge on any atom is -0.493 e. The molecule has 0 aliphatic rings. The third-order valence-corrected chi connectivity index (χ3v) is 7.75. The molecule has 0 aliphatic heterocycles. The Morgan fingerprint density at radius 3 is 2.32 bits per heavy atom. The summed E-state index contributed by atoms with van der Waals surface area (Å²) in [5.74, 6) is 0.804. The van der Waals surface area contributed by atoms with Gasteiger partial charge in [-0.25, -0.2) is 24.0 Å². The van der Waals surface area contributed by atoms with Crippen molar-refractivity contribution in [2.45, 2.75) is 16.6 Å². The number of hydrogen-bond donors (Lipinski definition) is 2. The van der Waals surface area contributed by atoms with Gasteiger partial charge in [0.25, 0.3) is 11.5 Å². The number of carbonyl (C=O) groups is 1. The molecule has 1 amide bonds. The largest absolute Gasteiger partial charge is 0.493 e. The summed E-state index contributed by atoms with van der Waals surface area (Å²) in [5, 5.41) is 9.92. The Balaban J connectivity index is 1.52. The van der Waals surface area contributed by atoms with Crippen molar-refractivity contribution in [3.63, 3.8) is 0 Å². The molecule has 14 heteroatoms. The highest BCUT2D eigenvalue weighted by Gasteiger charge is 2.15. The standard InChI is InChI=1S/C27H27N5O7S2/c1-37-22-12-18(13-23(38-2)25(22)39-3)14-29-31-24(33)16-40-27-30-21-7-5-4-6-20(21)26(34)32(27)15-17-8-10-19(11-9-17)41(28,35)36/h4-14H,15-16H2,1-3H3,(H,31,33)(H2,28,35,36)/b29-14+. The SMILES string of the molecule is COc1cc(/C=N/NC(=O)CSc2nc3ccccc3c(=O)n2Cc2ccc(S(N)(=O)=O)cc2)cc(OC)c1OC. The molecule has 1 heterocycles. The normalized spacial score (nSPS) is 11.5. The van der Waals surface area contributed by atoms with Crippen LogP contribution >= 0.6 is 11.8 Å². The van der Waals surface area contributed by atoms with E-state index in [4.69, 9.17) is 19.3 Å². The van der Waals surface area contributed by atoms with Crippen molar-refractivity contribution in [1.82, 2.24) is 15.0 Å². The molecule has 0 atom stereocenters. The number of fused-ring (bicyclic) bond motifs is 1. The van der Waals surface area contributed by atoms with E-state index in [1.807, 2.05) is 0 Å². The highest BCUT2D eigenvalue weighted by atomic mass is 32.2. The summed E-state index contributed by atoms with van der Waals surface area (Å²) in [6.45, 7) is 0.102. The molecule has 41 heavy (non-hydrogen) atoms. The van der Waals surface area contributed by atoms with Crippen LogP contribution in [-0.2, 0) is 21.4 Å². The lowest BCUT2D eigenvalue weighted by Crippen LogP contribution is -2.25. The van der Waals surface area contributed by atoms with Crippen LogP contribution in [0, 0.1) is 0 Å². The zero-order chi connectivity index (χ0) is 29.6. The van der Waals surface area contributed by atoms with Crippen molar-refractivity contribution in [3.8, 4) is 17.2 Å². The fourth-order valence-corrected chi connectivity index (χ4v) is 5.19. The summed E-state index contributed by atoms with van der Waals surface area (Å²) in [7, 11) is 0.644. The van der Waals surface area contributed by atoms with Crippen LogP contribution in [-0.4, -0.2) is 57.2 Å². The zero-order valence-electron chi connectivity index (χ0n) is 22.4. The molecule has 3 N–H and O–H groups in total. The lowest BCUT2D eigenvalue weighted by Gasteiger charge is -2.13. The highest BCUT2D eigenvalue weighted by Crippen LogP contribution is 2.37. The maximum Gasteiger partial charge on any atom is 0.262 e. The van der Waals surface area contributed by atoms with E-state index in [1.165, 1.54) is 44.2 Å². The number of hydrogen-bond acceptors (Lipinski definition) is 10. The number of nitrogens with zero attached hydrogens (tertiary/aromatic N) is 3. The first-order chi connectivity index (χ1) is 19.6. The van der Waals surface area contributed by atoms with E-state index in [9.17, 15) is 18.0 Å². The van der Waals surface area contributed by atoms with Gasteiger partial charge in [-0.1, -0.05) is 36.0 Å². The van der Waals surface area contributed by atoms with Crippen LogP contribution in [0.4, 0.5) is 0 Å². The number of carbonyl (C=O) groups excluding carboxylic acids is 1. The Bertz CT molecular complexity index is 1750. The third kappa shape index (κ3) is 7.03. The smallest absolute Gasteiger partial charge is 0.262 e. The summed E-state index contributed by atoms with van der Waals surface area (Å²) in [6, 6.07) is 16.1. The van der Waals surface area contributed by atoms with Gasteiger partial charge in [0.15, 0.2) is 16.7 Å². The van der Waals surface area contributed by atoms with Gasteiger partial charge in [-0.05, 0) is 42.0 Å². The van der Waals surface area contributed by atoms with Crippen molar-refractivity contribution in [1.29, 1.82) is 0 Å². The predicted molar refractivity (Wildman–Crippen MR) is 155 cm³/mol. The number of para-hydroxylation sites is 1. The molecule has 0 bridgehead atoms. The van der Waals surface area contributed by atoms with Crippen molar-refractivity contribution in [2.24, 2.45) is 10.2 Å². The Kier molecular flexibility index (Phi) is 9.27. The van der Waals surface area contributed by atoms with Crippen LogP contribution < -0.4 is 30.3 Å². The Labute approximate surface area is 240 Å². The van der Waals surface area contributed by atoms with Crippen molar-refractivity contribution < 1.29 is 27.4 Å². The lowest BCUT2D eigenvalue weighted by atomic mass is 10.2. The van der Waals surface area contributed by atoms with Crippen LogP contribution in [0.1, 0.15) is 11.1 Å². The van der Waals surface area contributed by atoms with E-state index in [0.29, 0.717) is 44.4 Å². The molecule has 0 spiro atoms.